The van der Waals surface area contributed by atoms with E-state index >= 15 is 0 Å². The first kappa shape index (κ1) is 23.9. The summed E-state index contributed by atoms with van der Waals surface area (Å²) in [4.78, 5) is 19.2. The summed E-state index contributed by atoms with van der Waals surface area (Å²) >= 11 is 1.68. The smallest absolute Gasteiger partial charge is 0.341 e. The van der Waals surface area contributed by atoms with Crippen LogP contribution in [0.1, 0.15) is 46.7 Å². The molecule has 0 aliphatic heterocycles. The lowest BCUT2D eigenvalue weighted by atomic mass is 9.87. The summed E-state index contributed by atoms with van der Waals surface area (Å²) < 4.78 is 5.54. The number of hydrogen-bond donors (Lipinski definition) is 2. The van der Waals surface area contributed by atoms with Gasteiger partial charge in [-0.1, -0.05) is 90.6 Å². The van der Waals surface area contributed by atoms with Gasteiger partial charge in [-0.3, -0.25) is 0 Å². The van der Waals surface area contributed by atoms with Crippen LogP contribution in [0.15, 0.2) is 96.3 Å². The van der Waals surface area contributed by atoms with Crippen LogP contribution in [0.4, 0.5) is 0 Å². The van der Waals surface area contributed by atoms with E-state index in [-0.39, 0.29) is 12.5 Å². The predicted molar refractivity (Wildman–Crippen MR) is 144 cm³/mol. The minimum Gasteiger partial charge on any atom is -0.482 e. The lowest BCUT2D eigenvalue weighted by molar-refractivity contribution is -0.139. The number of allylic oxidation sites excluding steroid dienone is 1. The SMILES string of the molecule is O=C(O)COc1cccc2c1CCC/C2=C/CSc1ncc(C(c2ccccc2)c2ccccc2)[nH]1. The number of thioether (sulfide) groups is 1. The molecule has 2 N–H and O–H groups in total. The maximum atomic E-state index is 10.9. The number of aromatic nitrogens is 2. The Bertz CT molecular complexity index is 1310. The second kappa shape index (κ2) is 11.3. The van der Waals surface area contributed by atoms with Crippen molar-refractivity contribution in [3.8, 4) is 5.75 Å². The molecule has 0 bridgehead atoms. The summed E-state index contributed by atoms with van der Waals surface area (Å²) in [7, 11) is 0. The van der Waals surface area contributed by atoms with E-state index in [9.17, 15) is 4.79 Å². The summed E-state index contributed by atoms with van der Waals surface area (Å²) in [6, 6.07) is 26.9. The van der Waals surface area contributed by atoms with Gasteiger partial charge < -0.3 is 14.8 Å². The summed E-state index contributed by atoms with van der Waals surface area (Å²) in [6.45, 7) is -0.320. The molecule has 1 aliphatic carbocycles. The van der Waals surface area contributed by atoms with E-state index < -0.39 is 5.97 Å². The number of nitrogens with zero attached hydrogens (tertiary/aromatic N) is 1. The van der Waals surface area contributed by atoms with Gasteiger partial charge in [0, 0.05) is 17.0 Å². The predicted octanol–water partition coefficient (Wildman–Crippen LogP) is 6.57. The Labute approximate surface area is 215 Å². The molecule has 3 aromatic carbocycles. The van der Waals surface area contributed by atoms with Crippen molar-refractivity contribution in [1.29, 1.82) is 0 Å². The first-order valence-electron chi connectivity index (χ1n) is 12.1. The van der Waals surface area contributed by atoms with Crippen molar-refractivity contribution in [2.75, 3.05) is 12.4 Å². The number of aliphatic carboxylic acids is 1. The highest BCUT2D eigenvalue weighted by Crippen LogP contribution is 2.37. The zero-order chi connectivity index (χ0) is 24.7. The van der Waals surface area contributed by atoms with Crippen LogP contribution in [0.2, 0.25) is 0 Å². The molecule has 0 unspecified atom stereocenters. The third-order valence-electron chi connectivity index (χ3n) is 6.40. The first-order valence-corrected chi connectivity index (χ1v) is 13.1. The summed E-state index contributed by atoms with van der Waals surface area (Å²) in [5.41, 5.74) is 7.08. The van der Waals surface area contributed by atoms with Crippen molar-refractivity contribution in [3.63, 3.8) is 0 Å². The van der Waals surface area contributed by atoms with Crippen molar-refractivity contribution in [2.45, 2.75) is 30.3 Å². The number of rotatable bonds is 9. The Kier molecular flexibility index (Phi) is 7.52. The molecule has 6 heteroatoms. The number of carbonyl (C=O) groups is 1. The fourth-order valence-electron chi connectivity index (χ4n) is 4.80. The number of carboxylic acids is 1. The van der Waals surface area contributed by atoms with Gasteiger partial charge in [0.05, 0.1) is 12.1 Å². The lowest BCUT2D eigenvalue weighted by Crippen LogP contribution is -2.12. The van der Waals surface area contributed by atoms with Gasteiger partial charge >= 0.3 is 5.97 Å². The highest BCUT2D eigenvalue weighted by Gasteiger charge is 2.20. The van der Waals surface area contributed by atoms with Gasteiger partial charge in [0.2, 0.25) is 0 Å². The lowest BCUT2D eigenvalue weighted by Gasteiger charge is -2.21. The number of hydrogen-bond acceptors (Lipinski definition) is 4. The number of imidazole rings is 1. The minimum absolute atomic E-state index is 0.0991. The van der Waals surface area contributed by atoms with E-state index in [0.717, 1.165) is 47.0 Å². The molecule has 1 aromatic heterocycles. The average molecular weight is 497 g/mol. The van der Waals surface area contributed by atoms with Crippen LogP contribution in [0.25, 0.3) is 5.57 Å². The van der Waals surface area contributed by atoms with Crippen LogP contribution in [-0.4, -0.2) is 33.4 Å². The number of aromatic amines is 1. The van der Waals surface area contributed by atoms with Crippen LogP contribution < -0.4 is 4.74 Å². The monoisotopic (exact) mass is 496 g/mol. The highest BCUT2D eigenvalue weighted by molar-refractivity contribution is 7.99. The quantitative estimate of drug-likeness (QED) is 0.257. The number of H-pyrrole nitrogens is 1. The van der Waals surface area contributed by atoms with E-state index in [0.29, 0.717) is 5.75 Å². The summed E-state index contributed by atoms with van der Waals surface area (Å²) in [5, 5.41) is 9.87. The number of fused-ring (bicyclic) bond motifs is 1. The molecule has 0 amide bonds. The average Bonchev–Trinajstić information content (AvgIpc) is 3.37. The Morgan fingerprint density at radius 2 is 1.72 bits per heavy atom. The van der Waals surface area contributed by atoms with E-state index in [2.05, 4.69) is 70.6 Å². The van der Waals surface area contributed by atoms with Crippen LogP contribution in [-0.2, 0) is 11.2 Å². The van der Waals surface area contributed by atoms with E-state index in [1.54, 1.807) is 11.8 Å². The van der Waals surface area contributed by atoms with Crippen molar-refractivity contribution < 1.29 is 14.6 Å². The molecule has 0 atom stereocenters. The Morgan fingerprint density at radius 3 is 2.42 bits per heavy atom. The number of carboxylic acid groups (broad SMARTS) is 1. The Balaban J connectivity index is 1.32. The molecule has 4 aromatic rings. The summed E-state index contributed by atoms with van der Waals surface area (Å²) in [5.74, 6) is 0.609. The standard InChI is InChI=1S/C30H28N2O3S/c33-28(34)20-35-27-16-8-14-24-21(13-7-15-25(24)27)17-18-36-30-31-19-26(32-30)29(22-9-3-1-4-10-22)23-11-5-2-6-12-23/h1-6,8-12,14,16-17,19,29H,7,13,15,18,20H2,(H,31,32)(H,33,34)/b21-17-. The number of ether oxygens (including phenoxy) is 1. The molecule has 1 heterocycles. The van der Waals surface area contributed by atoms with Gasteiger partial charge in [-0.2, -0.15) is 0 Å². The summed E-state index contributed by atoms with van der Waals surface area (Å²) in [6.07, 6.45) is 7.14. The van der Waals surface area contributed by atoms with Crippen molar-refractivity contribution in [3.05, 3.63) is 119 Å². The van der Waals surface area contributed by atoms with Crippen molar-refractivity contribution in [2.24, 2.45) is 0 Å². The number of nitrogens with one attached hydrogen (secondary N) is 1. The second-order valence-corrected chi connectivity index (χ2v) is 9.77. The second-order valence-electron chi connectivity index (χ2n) is 8.76. The van der Waals surface area contributed by atoms with E-state index in [1.807, 2.05) is 30.5 Å². The van der Waals surface area contributed by atoms with Crippen LogP contribution >= 0.6 is 11.8 Å². The highest BCUT2D eigenvalue weighted by atomic mass is 32.2. The molecule has 5 nitrogen and oxygen atoms in total. The van der Waals surface area contributed by atoms with Crippen LogP contribution in [0.3, 0.4) is 0 Å². The van der Waals surface area contributed by atoms with E-state index in [1.165, 1.54) is 16.7 Å². The van der Waals surface area contributed by atoms with Gasteiger partial charge in [-0.25, -0.2) is 9.78 Å². The topological polar surface area (TPSA) is 75.2 Å². The normalized spacial score (nSPS) is 14.1. The first-order chi connectivity index (χ1) is 17.7. The third-order valence-corrected chi connectivity index (χ3v) is 7.22. The number of benzene rings is 3. The molecule has 0 spiro atoms. The van der Waals surface area contributed by atoms with Crippen LogP contribution in [0.5, 0.6) is 5.75 Å². The minimum atomic E-state index is -0.963. The Morgan fingerprint density at radius 1 is 1.00 bits per heavy atom. The van der Waals surface area contributed by atoms with Gasteiger partial charge in [0.25, 0.3) is 0 Å². The molecule has 0 fully saturated rings. The molecule has 5 rings (SSSR count). The largest absolute Gasteiger partial charge is 0.482 e. The zero-order valence-electron chi connectivity index (χ0n) is 19.9. The fraction of sp³-hybridized carbons (Fsp3) is 0.200. The maximum Gasteiger partial charge on any atom is 0.341 e. The molecular weight excluding hydrogens is 468 g/mol. The van der Waals surface area contributed by atoms with Gasteiger partial charge in [0.1, 0.15) is 5.75 Å². The molecule has 182 valence electrons. The van der Waals surface area contributed by atoms with Gasteiger partial charge in [-0.05, 0) is 47.6 Å². The van der Waals surface area contributed by atoms with Crippen LogP contribution in [0, 0.1) is 0 Å². The molecule has 1 aliphatic rings. The van der Waals surface area contributed by atoms with E-state index in [4.69, 9.17) is 9.84 Å². The van der Waals surface area contributed by atoms with Crippen molar-refractivity contribution >= 4 is 23.3 Å². The molecule has 0 radical (unpaired) electrons. The van der Waals surface area contributed by atoms with Gasteiger partial charge in [-0.15, -0.1) is 0 Å². The fourth-order valence-corrected chi connectivity index (χ4v) is 5.56. The molecule has 0 saturated heterocycles. The maximum absolute atomic E-state index is 10.9. The van der Waals surface area contributed by atoms with Crippen molar-refractivity contribution in [1.82, 2.24) is 9.97 Å². The Hall–Kier alpha value is -3.77. The zero-order valence-corrected chi connectivity index (χ0v) is 20.7. The molecular formula is C30H28N2O3S. The van der Waals surface area contributed by atoms with Gasteiger partial charge in [0.15, 0.2) is 11.8 Å². The molecule has 0 saturated carbocycles. The third kappa shape index (κ3) is 5.55. The molecule has 36 heavy (non-hydrogen) atoms.